The molecule has 3 rings (SSSR count). The summed E-state index contributed by atoms with van der Waals surface area (Å²) in [4.78, 5) is 16.2. The van der Waals surface area contributed by atoms with Crippen molar-refractivity contribution in [2.75, 3.05) is 6.54 Å². The average molecular weight is 466 g/mol. The monoisotopic (exact) mass is 464 g/mol. The molecule has 27 heavy (non-hydrogen) atoms. The van der Waals surface area contributed by atoms with Crippen molar-refractivity contribution in [2.45, 2.75) is 26.1 Å². The van der Waals surface area contributed by atoms with Crippen LogP contribution < -0.4 is 5.32 Å². The zero-order valence-electron chi connectivity index (χ0n) is 13.9. The quantitative estimate of drug-likeness (QED) is 0.585. The molecule has 0 aliphatic rings. The van der Waals surface area contributed by atoms with Crippen molar-refractivity contribution >= 4 is 39.1 Å². The highest BCUT2D eigenvalue weighted by molar-refractivity contribution is 9.10. The van der Waals surface area contributed by atoms with Gasteiger partial charge in [0.15, 0.2) is 11.3 Å². The number of carbonyl (C=O) groups is 1. The zero-order valence-corrected chi connectivity index (χ0v) is 16.2. The topological polar surface area (TPSA) is 77.1 Å². The molecule has 0 saturated heterocycles. The van der Waals surface area contributed by atoms with Gasteiger partial charge < -0.3 is 5.32 Å². The Kier molecular flexibility index (Phi) is 5.43. The minimum atomic E-state index is -4.66. The van der Waals surface area contributed by atoms with E-state index in [1.54, 1.807) is 17.1 Å². The van der Waals surface area contributed by atoms with Gasteiger partial charge in [0.05, 0.1) is 10.7 Å². The Morgan fingerprint density at radius 1 is 1.41 bits per heavy atom. The van der Waals surface area contributed by atoms with Gasteiger partial charge in [0, 0.05) is 25.0 Å². The van der Waals surface area contributed by atoms with Crippen LogP contribution in [-0.4, -0.2) is 36.8 Å². The van der Waals surface area contributed by atoms with Crippen molar-refractivity contribution in [2.24, 2.45) is 0 Å². The van der Waals surface area contributed by atoms with Crippen molar-refractivity contribution in [3.8, 4) is 0 Å². The van der Waals surface area contributed by atoms with E-state index in [9.17, 15) is 18.0 Å². The van der Waals surface area contributed by atoms with E-state index in [1.165, 1.54) is 6.92 Å². The van der Waals surface area contributed by atoms with E-state index in [2.05, 4.69) is 36.4 Å². The zero-order chi connectivity index (χ0) is 19.8. The fourth-order valence-electron chi connectivity index (χ4n) is 2.45. The summed E-state index contributed by atoms with van der Waals surface area (Å²) in [5.74, 6) is -0.669. The highest BCUT2D eigenvalue weighted by atomic mass is 79.9. The molecule has 7 nitrogen and oxygen atoms in total. The molecule has 3 aromatic heterocycles. The molecule has 12 heteroatoms. The third-order valence-electron chi connectivity index (χ3n) is 3.62. The molecule has 0 spiro atoms. The summed E-state index contributed by atoms with van der Waals surface area (Å²) in [6, 6.07) is 0.847. The predicted octanol–water partition coefficient (Wildman–Crippen LogP) is 3.49. The molecule has 0 radical (unpaired) electrons. The van der Waals surface area contributed by atoms with Crippen molar-refractivity contribution < 1.29 is 18.0 Å². The van der Waals surface area contributed by atoms with E-state index in [0.29, 0.717) is 17.5 Å². The van der Waals surface area contributed by atoms with Crippen LogP contribution in [0.2, 0.25) is 5.02 Å². The smallest absolute Gasteiger partial charge is 0.351 e. The summed E-state index contributed by atoms with van der Waals surface area (Å²) >= 11 is 9.34. The molecule has 0 aliphatic carbocycles. The van der Waals surface area contributed by atoms with Crippen LogP contribution in [0.15, 0.2) is 22.9 Å². The first-order valence-corrected chi connectivity index (χ1v) is 8.93. The van der Waals surface area contributed by atoms with Crippen molar-refractivity contribution in [3.05, 3.63) is 45.0 Å². The van der Waals surface area contributed by atoms with Crippen molar-refractivity contribution in [1.29, 1.82) is 0 Å². The number of rotatable bonds is 5. The number of nitrogens with one attached hydrogen (secondary N) is 1. The van der Waals surface area contributed by atoms with Crippen LogP contribution in [0.4, 0.5) is 13.2 Å². The summed E-state index contributed by atoms with van der Waals surface area (Å²) in [6.07, 6.45) is -0.668. The van der Waals surface area contributed by atoms with Crippen molar-refractivity contribution in [3.63, 3.8) is 0 Å². The van der Waals surface area contributed by atoms with E-state index in [-0.39, 0.29) is 28.6 Å². The normalized spacial score (nSPS) is 11.9. The molecule has 3 aromatic rings. The lowest BCUT2D eigenvalue weighted by atomic mass is 10.3. The fraction of sp³-hybridized carbons (Fsp3) is 0.333. The number of nitrogens with zero attached hydrogens (tertiary/aromatic N) is 5. The molecule has 0 atom stereocenters. The second-order valence-electron chi connectivity index (χ2n) is 5.71. The fourth-order valence-corrected chi connectivity index (χ4v) is 3.02. The largest absolute Gasteiger partial charge is 0.433 e. The number of aromatic nitrogens is 5. The molecule has 144 valence electrons. The third kappa shape index (κ3) is 4.24. The first-order chi connectivity index (χ1) is 12.7. The highest BCUT2D eigenvalue weighted by Crippen LogP contribution is 2.32. The van der Waals surface area contributed by atoms with Crippen LogP contribution in [0.5, 0.6) is 0 Å². The second-order valence-corrected chi connectivity index (χ2v) is 7.00. The van der Waals surface area contributed by atoms with Gasteiger partial charge in [-0.2, -0.15) is 23.4 Å². The highest BCUT2D eigenvalue weighted by Gasteiger charge is 2.36. The van der Waals surface area contributed by atoms with Crippen molar-refractivity contribution in [1.82, 2.24) is 29.7 Å². The van der Waals surface area contributed by atoms with Crippen LogP contribution in [-0.2, 0) is 12.7 Å². The molecular formula is C15H13BrClF3N6O. The SMILES string of the molecule is Cc1cc(C(F)(F)F)n2nc(C(=O)NCCCn3cc(Br)cn3)c(Cl)c2n1. The van der Waals surface area contributed by atoms with Crippen LogP contribution in [0.25, 0.3) is 5.65 Å². The van der Waals surface area contributed by atoms with Crippen LogP contribution in [0.3, 0.4) is 0 Å². The molecule has 0 unspecified atom stereocenters. The van der Waals surface area contributed by atoms with Gasteiger partial charge in [0.25, 0.3) is 5.91 Å². The first-order valence-electron chi connectivity index (χ1n) is 7.76. The van der Waals surface area contributed by atoms with Gasteiger partial charge in [-0.3, -0.25) is 9.48 Å². The van der Waals surface area contributed by atoms with Gasteiger partial charge in [-0.25, -0.2) is 9.50 Å². The summed E-state index contributed by atoms with van der Waals surface area (Å²) in [6.45, 7) is 2.24. The molecule has 0 fully saturated rings. The van der Waals surface area contributed by atoms with E-state index >= 15 is 0 Å². The number of aryl methyl sites for hydroxylation is 2. The summed E-state index contributed by atoms with van der Waals surface area (Å²) in [5, 5.41) is 10.2. The Labute approximate surface area is 164 Å². The molecule has 3 heterocycles. The number of hydrogen-bond acceptors (Lipinski definition) is 4. The van der Waals surface area contributed by atoms with Gasteiger partial charge in [-0.1, -0.05) is 11.6 Å². The summed E-state index contributed by atoms with van der Waals surface area (Å²) < 4.78 is 42.7. The van der Waals surface area contributed by atoms with Gasteiger partial charge in [-0.05, 0) is 35.3 Å². The number of alkyl halides is 3. The second kappa shape index (κ2) is 7.47. The molecule has 0 bridgehead atoms. The van der Waals surface area contributed by atoms with Gasteiger partial charge in [-0.15, -0.1) is 0 Å². The molecule has 0 aliphatic heterocycles. The third-order valence-corrected chi connectivity index (χ3v) is 4.38. The number of hydrogen-bond donors (Lipinski definition) is 1. The maximum atomic E-state index is 13.2. The number of halogens is 5. The van der Waals surface area contributed by atoms with E-state index in [1.807, 2.05) is 0 Å². The Morgan fingerprint density at radius 3 is 2.78 bits per heavy atom. The van der Waals surface area contributed by atoms with E-state index < -0.39 is 17.8 Å². The van der Waals surface area contributed by atoms with Crippen LogP contribution in [0.1, 0.15) is 28.3 Å². The Morgan fingerprint density at radius 2 is 2.15 bits per heavy atom. The Balaban J connectivity index is 1.75. The maximum Gasteiger partial charge on any atom is 0.433 e. The molecular weight excluding hydrogens is 453 g/mol. The number of amides is 1. The minimum Gasteiger partial charge on any atom is -0.351 e. The molecule has 0 saturated carbocycles. The van der Waals surface area contributed by atoms with E-state index in [4.69, 9.17) is 11.6 Å². The standard InChI is InChI=1S/C15H13BrClF3N6O/c1-8-5-10(15(18,19)20)26-13(23-8)11(17)12(24-26)14(27)21-3-2-4-25-7-9(16)6-22-25/h5-7H,2-4H2,1H3,(H,21,27). The average Bonchev–Trinajstić information content (AvgIpc) is 3.14. The number of carbonyl (C=O) groups excluding carboxylic acids is 1. The van der Waals surface area contributed by atoms with Gasteiger partial charge >= 0.3 is 6.18 Å². The van der Waals surface area contributed by atoms with E-state index in [0.717, 1.165) is 10.5 Å². The lowest BCUT2D eigenvalue weighted by molar-refractivity contribution is -0.142. The Hall–Kier alpha value is -2.14. The predicted molar refractivity (Wildman–Crippen MR) is 94.6 cm³/mol. The lowest BCUT2D eigenvalue weighted by Crippen LogP contribution is -2.26. The minimum absolute atomic E-state index is 0.119. The lowest BCUT2D eigenvalue weighted by Gasteiger charge is -2.09. The van der Waals surface area contributed by atoms with Crippen LogP contribution in [0, 0.1) is 6.92 Å². The Bertz CT molecular complexity index is 1000. The molecule has 0 aromatic carbocycles. The van der Waals surface area contributed by atoms with Crippen LogP contribution >= 0.6 is 27.5 Å². The van der Waals surface area contributed by atoms with Gasteiger partial charge in [0.2, 0.25) is 0 Å². The maximum absolute atomic E-state index is 13.2. The molecule has 1 amide bonds. The summed E-state index contributed by atoms with van der Waals surface area (Å²) in [7, 11) is 0. The summed E-state index contributed by atoms with van der Waals surface area (Å²) in [5.41, 5.74) is -1.44. The first kappa shape index (κ1) is 19.6. The number of fused-ring (bicyclic) bond motifs is 1. The molecule has 1 N–H and O–H groups in total. The van der Waals surface area contributed by atoms with Gasteiger partial charge in [0.1, 0.15) is 10.7 Å².